The highest BCUT2D eigenvalue weighted by molar-refractivity contribution is 6.34. The van der Waals surface area contributed by atoms with Crippen molar-refractivity contribution in [3.8, 4) is 0 Å². The number of halogens is 6. The highest BCUT2D eigenvalue weighted by Crippen LogP contribution is 2.24. The number of nitrogens with one attached hydrogen (secondary N) is 2. The van der Waals surface area contributed by atoms with E-state index in [0.717, 1.165) is 0 Å². The number of hydrogen-bond acceptors (Lipinski definition) is 3. The molecule has 0 saturated heterocycles. The molecule has 0 bridgehead atoms. The van der Waals surface area contributed by atoms with Gasteiger partial charge in [0.1, 0.15) is 6.04 Å². The van der Waals surface area contributed by atoms with Gasteiger partial charge < -0.3 is 10.6 Å². The number of Topliss-reactive ketones (excluding diaryl/α,β-unsaturated/α-hetero) is 1. The Bertz CT molecular complexity index is 1060. The number of hydrogen-bond donors (Lipinski definition) is 2. The van der Waals surface area contributed by atoms with E-state index < -0.39 is 41.8 Å². The Hall–Kier alpha value is -2.29. The number of benzene rings is 2. The predicted octanol–water partition coefficient (Wildman–Crippen LogP) is 5.58. The van der Waals surface area contributed by atoms with Crippen LogP contribution in [-0.2, 0) is 27.2 Å². The topological polar surface area (TPSA) is 75.3 Å². The van der Waals surface area contributed by atoms with Crippen molar-refractivity contribution in [3.05, 3.63) is 68.7 Å². The number of carbonyl (C=O) groups excluding carboxylic acids is 3. The summed E-state index contributed by atoms with van der Waals surface area (Å²) >= 11 is 17.9. The molecule has 5 nitrogen and oxygen atoms in total. The Kier molecular flexibility index (Phi) is 10.4. The fraction of sp³-hybridized carbons (Fsp3) is 0.375. The zero-order chi connectivity index (χ0) is 26.3. The fourth-order valence-electron chi connectivity index (χ4n) is 3.30. The van der Waals surface area contributed by atoms with Crippen LogP contribution >= 0.6 is 34.8 Å². The summed E-state index contributed by atoms with van der Waals surface area (Å²) < 4.78 is 41.3. The molecule has 0 unspecified atom stereocenters. The third-order valence-electron chi connectivity index (χ3n) is 5.20. The minimum Gasteiger partial charge on any atom is -0.344 e. The van der Waals surface area contributed by atoms with Crippen LogP contribution in [0.3, 0.4) is 0 Å². The van der Waals surface area contributed by atoms with Crippen LogP contribution in [0.15, 0.2) is 42.5 Å². The van der Waals surface area contributed by atoms with Crippen molar-refractivity contribution < 1.29 is 27.6 Å². The van der Waals surface area contributed by atoms with E-state index in [-0.39, 0.29) is 19.3 Å². The standard InChI is InChI=1S/C24H24Cl3F3N2O3/c1-13(2)24(30,21(34)22(28)29)32-23(35)19(11-14-4-3-5-16(25)8-14)31-20(33)7-6-15-9-17(26)12-18(27)10-15/h3-5,8-10,12-13,19,22H,6-7,11H2,1-2H3,(H,31,33)(H,32,35)/t19-,24+/m0/s1. The molecule has 35 heavy (non-hydrogen) atoms. The van der Waals surface area contributed by atoms with Crippen LogP contribution in [0.5, 0.6) is 0 Å². The highest BCUT2D eigenvalue weighted by Gasteiger charge is 2.48. The fourth-order valence-corrected chi connectivity index (χ4v) is 4.09. The second kappa shape index (κ2) is 12.6. The first-order chi connectivity index (χ1) is 16.3. The highest BCUT2D eigenvalue weighted by atomic mass is 35.5. The van der Waals surface area contributed by atoms with Crippen LogP contribution < -0.4 is 10.6 Å². The largest absolute Gasteiger partial charge is 0.344 e. The van der Waals surface area contributed by atoms with Gasteiger partial charge >= 0.3 is 6.43 Å². The maximum atomic E-state index is 15.2. The van der Waals surface area contributed by atoms with Gasteiger partial charge in [0.05, 0.1) is 0 Å². The molecule has 2 amide bonds. The number of aryl methyl sites for hydroxylation is 1. The number of amides is 2. The normalized spacial score (nSPS) is 13.9. The Morgan fingerprint density at radius 2 is 1.54 bits per heavy atom. The Morgan fingerprint density at radius 3 is 2.09 bits per heavy atom. The molecule has 0 fully saturated rings. The van der Waals surface area contributed by atoms with Crippen molar-refractivity contribution in [2.24, 2.45) is 5.92 Å². The first-order valence-electron chi connectivity index (χ1n) is 10.6. The molecule has 0 aliphatic rings. The van der Waals surface area contributed by atoms with E-state index in [1.807, 2.05) is 0 Å². The lowest BCUT2D eigenvalue weighted by atomic mass is 9.95. The molecule has 0 radical (unpaired) electrons. The molecule has 0 aliphatic heterocycles. The number of alkyl halides is 3. The molecule has 0 spiro atoms. The van der Waals surface area contributed by atoms with Crippen LogP contribution in [0.25, 0.3) is 0 Å². The molecule has 2 rings (SSSR count). The smallest absolute Gasteiger partial charge is 0.301 e. The second-order valence-corrected chi connectivity index (χ2v) is 9.56. The second-order valence-electron chi connectivity index (χ2n) is 8.25. The third-order valence-corrected chi connectivity index (χ3v) is 5.87. The van der Waals surface area contributed by atoms with Crippen LogP contribution in [0.2, 0.25) is 15.1 Å². The van der Waals surface area contributed by atoms with Gasteiger partial charge in [-0.3, -0.25) is 14.4 Å². The van der Waals surface area contributed by atoms with Gasteiger partial charge in [0.2, 0.25) is 17.6 Å². The first kappa shape index (κ1) is 28.9. The number of rotatable bonds is 11. The van der Waals surface area contributed by atoms with Gasteiger partial charge in [0, 0.05) is 33.8 Å². The van der Waals surface area contributed by atoms with E-state index in [1.54, 1.807) is 35.6 Å². The molecular weight excluding hydrogens is 528 g/mol. The molecule has 0 heterocycles. The summed E-state index contributed by atoms with van der Waals surface area (Å²) in [6.07, 6.45) is -3.59. The van der Waals surface area contributed by atoms with Crippen molar-refractivity contribution in [1.82, 2.24) is 10.6 Å². The Labute approximate surface area is 216 Å². The summed E-state index contributed by atoms with van der Waals surface area (Å²) in [6.45, 7) is 2.36. The van der Waals surface area contributed by atoms with Gasteiger partial charge in [-0.1, -0.05) is 60.8 Å². The first-order valence-corrected chi connectivity index (χ1v) is 11.8. The van der Waals surface area contributed by atoms with E-state index in [2.05, 4.69) is 5.32 Å². The number of ketones is 1. The van der Waals surface area contributed by atoms with Crippen LogP contribution in [-0.4, -0.2) is 35.9 Å². The van der Waals surface area contributed by atoms with Crippen molar-refractivity contribution in [3.63, 3.8) is 0 Å². The Balaban J connectivity index is 2.22. The van der Waals surface area contributed by atoms with Gasteiger partial charge in [-0.25, -0.2) is 13.2 Å². The van der Waals surface area contributed by atoms with Crippen LogP contribution in [0.4, 0.5) is 13.2 Å². The maximum Gasteiger partial charge on any atom is 0.301 e. The van der Waals surface area contributed by atoms with Crippen LogP contribution in [0, 0.1) is 5.92 Å². The zero-order valence-corrected chi connectivity index (χ0v) is 21.2. The summed E-state index contributed by atoms with van der Waals surface area (Å²) in [5, 5.41) is 5.42. The average molecular weight is 552 g/mol. The van der Waals surface area contributed by atoms with Gasteiger partial charge in [0.15, 0.2) is 0 Å². The van der Waals surface area contributed by atoms with E-state index in [9.17, 15) is 23.2 Å². The molecule has 2 aromatic rings. The molecular formula is C24H24Cl3F3N2O3. The van der Waals surface area contributed by atoms with E-state index in [4.69, 9.17) is 34.8 Å². The molecule has 2 aromatic carbocycles. The molecule has 0 aromatic heterocycles. The monoisotopic (exact) mass is 550 g/mol. The molecule has 190 valence electrons. The van der Waals surface area contributed by atoms with Crippen LogP contribution in [0.1, 0.15) is 31.4 Å². The lowest BCUT2D eigenvalue weighted by Gasteiger charge is -2.30. The van der Waals surface area contributed by atoms with Gasteiger partial charge in [-0.2, -0.15) is 0 Å². The summed E-state index contributed by atoms with van der Waals surface area (Å²) in [4.78, 5) is 37.4. The van der Waals surface area contributed by atoms with Crippen molar-refractivity contribution in [2.75, 3.05) is 0 Å². The van der Waals surface area contributed by atoms with E-state index >= 15 is 4.39 Å². The minimum absolute atomic E-state index is 0.0725. The van der Waals surface area contributed by atoms with Gasteiger partial charge in [0.25, 0.3) is 5.78 Å². The molecule has 2 atom stereocenters. The van der Waals surface area contributed by atoms with Crippen molar-refractivity contribution in [2.45, 2.75) is 51.4 Å². The maximum absolute atomic E-state index is 15.2. The zero-order valence-electron chi connectivity index (χ0n) is 18.9. The summed E-state index contributed by atoms with van der Waals surface area (Å²) in [5.41, 5.74) is 1.20. The van der Waals surface area contributed by atoms with E-state index in [0.29, 0.717) is 26.2 Å². The predicted molar refractivity (Wildman–Crippen MR) is 130 cm³/mol. The summed E-state index contributed by atoms with van der Waals surface area (Å²) in [5.74, 6) is -8.37. The summed E-state index contributed by atoms with van der Waals surface area (Å²) in [6, 6.07) is 9.81. The van der Waals surface area contributed by atoms with Gasteiger partial charge in [-0.05, 0) is 47.9 Å². The Morgan fingerprint density at radius 1 is 0.943 bits per heavy atom. The lowest BCUT2D eigenvalue weighted by molar-refractivity contribution is -0.152. The quantitative estimate of drug-likeness (QED) is 0.358. The minimum atomic E-state index is -3.63. The van der Waals surface area contributed by atoms with E-state index in [1.165, 1.54) is 26.0 Å². The molecule has 0 aliphatic carbocycles. The van der Waals surface area contributed by atoms with Crippen molar-refractivity contribution in [1.29, 1.82) is 0 Å². The summed E-state index contributed by atoms with van der Waals surface area (Å²) in [7, 11) is 0. The number of carbonyl (C=O) groups is 3. The third kappa shape index (κ3) is 8.40. The average Bonchev–Trinajstić information content (AvgIpc) is 2.75. The molecule has 0 saturated carbocycles. The van der Waals surface area contributed by atoms with Gasteiger partial charge in [-0.15, -0.1) is 0 Å². The van der Waals surface area contributed by atoms with Crippen molar-refractivity contribution >= 4 is 52.4 Å². The molecule has 2 N–H and O–H groups in total. The molecule has 11 heteroatoms. The SMILES string of the molecule is CC(C)[C@@](F)(NC(=O)[C@H](Cc1cccc(Cl)c1)NC(=O)CCc1cc(Cl)cc(Cl)c1)C(=O)C(F)F. The lowest BCUT2D eigenvalue weighted by Crippen LogP contribution is -2.61.